The van der Waals surface area contributed by atoms with Gasteiger partial charge in [0, 0.05) is 11.1 Å². The van der Waals surface area contributed by atoms with Gasteiger partial charge in [0.2, 0.25) is 0 Å². The summed E-state index contributed by atoms with van der Waals surface area (Å²) >= 11 is 0. The van der Waals surface area contributed by atoms with E-state index in [9.17, 15) is 9.59 Å². The quantitative estimate of drug-likeness (QED) is 0.224. The van der Waals surface area contributed by atoms with Crippen LogP contribution in [0.2, 0.25) is 0 Å². The summed E-state index contributed by atoms with van der Waals surface area (Å²) in [5, 5.41) is 8.01. The summed E-state index contributed by atoms with van der Waals surface area (Å²) in [5.74, 6) is 1.80. The van der Waals surface area contributed by atoms with Crippen molar-refractivity contribution < 1.29 is 23.8 Å². The summed E-state index contributed by atoms with van der Waals surface area (Å²) in [6, 6.07) is 28.1. The van der Waals surface area contributed by atoms with Crippen LogP contribution in [0.4, 0.5) is 0 Å². The Labute approximate surface area is 225 Å². The molecule has 0 spiro atoms. The number of methoxy groups -OCH3 is 2. The molecule has 0 fully saturated rings. The van der Waals surface area contributed by atoms with Crippen molar-refractivity contribution in [3.8, 4) is 23.0 Å². The molecule has 4 aromatic rings. The van der Waals surface area contributed by atoms with Gasteiger partial charge in [0.25, 0.3) is 11.8 Å². The second-order valence-corrected chi connectivity index (χ2v) is 8.10. The maximum Gasteiger partial charge on any atom is 0.271 e. The lowest BCUT2D eigenvalue weighted by molar-refractivity contribution is 0.0947. The van der Waals surface area contributed by atoms with Crippen molar-refractivity contribution in [2.45, 2.75) is 0 Å². The van der Waals surface area contributed by atoms with Crippen LogP contribution in [0.5, 0.6) is 23.0 Å². The van der Waals surface area contributed by atoms with Crippen LogP contribution in [-0.4, -0.2) is 38.5 Å². The molecule has 4 aromatic carbocycles. The van der Waals surface area contributed by atoms with Crippen LogP contribution in [0, 0.1) is 0 Å². The number of hydrazone groups is 2. The van der Waals surface area contributed by atoms with Crippen LogP contribution >= 0.6 is 0 Å². The summed E-state index contributed by atoms with van der Waals surface area (Å²) in [5.41, 5.74) is 7.47. The van der Waals surface area contributed by atoms with E-state index in [4.69, 9.17) is 14.2 Å². The maximum atomic E-state index is 12.2. The second kappa shape index (κ2) is 13.2. The number of rotatable bonds is 10. The lowest BCUT2D eigenvalue weighted by Crippen LogP contribution is -2.17. The average Bonchev–Trinajstić information content (AvgIpc) is 2.99. The predicted octanol–water partition coefficient (Wildman–Crippen LogP) is 5.02. The van der Waals surface area contributed by atoms with E-state index >= 15 is 0 Å². The van der Waals surface area contributed by atoms with Gasteiger partial charge in [0.1, 0.15) is 23.0 Å². The van der Waals surface area contributed by atoms with E-state index in [2.05, 4.69) is 21.1 Å². The number of hydrogen-bond donors (Lipinski definition) is 2. The minimum Gasteiger partial charge on any atom is -0.497 e. The zero-order chi connectivity index (χ0) is 27.5. The first-order valence-electron chi connectivity index (χ1n) is 11.9. The Kier molecular flexibility index (Phi) is 9.01. The van der Waals surface area contributed by atoms with Crippen LogP contribution in [0.15, 0.2) is 107 Å². The summed E-state index contributed by atoms with van der Waals surface area (Å²) < 4.78 is 16.1. The Morgan fingerprint density at radius 2 is 1.00 bits per heavy atom. The Morgan fingerprint density at radius 3 is 1.38 bits per heavy atom. The third-order valence-corrected chi connectivity index (χ3v) is 5.42. The lowest BCUT2D eigenvalue weighted by Gasteiger charge is -2.06. The molecule has 0 saturated carbocycles. The summed E-state index contributed by atoms with van der Waals surface area (Å²) in [7, 11) is 3.09. The zero-order valence-electron chi connectivity index (χ0n) is 21.3. The Bertz CT molecular complexity index is 1370. The van der Waals surface area contributed by atoms with Gasteiger partial charge in [-0.15, -0.1) is 0 Å². The first kappa shape index (κ1) is 26.6. The number of ether oxygens (including phenoxy) is 3. The van der Waals surface area contributed by atoms with E-state index < -0.39 is 0 Å². The number of benzene rings is 4. The van der Waals surface area contributed by atoms with Gasteiger partial charge in [0.15, 0.2) is 0 Å². The predicted molar refractivity (Wildman–Crippen MR) is 149 cm³/mol. The molecule has 0 aliphatic carbocycles. The molecule has 0 radical (unpaired) electrons. The molecule has 0 bridgehead atoms. The fourth-order valence-electron chi connectivity index (χ4n) is 3.37. The standard InChI is InChI=1S/C30H26N4O5/c1-37-27-7-3-5-23(17-27)29(35)33-31-19-21-9-13-25(14-10-21)39-26-15-11-22(12-16-26)20-32-34-30(36)24-6-4-8-28(18-24)38-2/h3-20H,1-2H3,(H,33,35)(H,34,36)/b31-19+,32-20+. The molecule has 0 aliphatic rings. The number of nitrogens with one attached hydrogen (secondary N) is 2. The van der Waals surface area contributed by atoms with E-state index in [1.165, 1.54) is 0 Å². The lowest BCUT2D eigenvalue weighted by atomic mass is 10.2. The molecule has 9 nitrogen and oxygen atoms in total. The van der Waals surface area contributed by atoms with Crippen LogP contribution in [-0.2, 0) is 0 Å². The van der Waals surface area contributed by atoms with Gasteiger partial charge in [-0.1, -0.05) is 12.1 Å². The van der Waals surface area contributed by atoms with Crippen molar-refractivity contribution in [1.82, 2.24) is 10.9 Å². The van der Waals surface area contributed by atoms with Crippen LogP contribution < -0.4 is 25.1 Å². The number of carbonyl (C=O) groups excluding carboxylic acids is 2. The molecular formula is C30H26N4O5. The van der Waals surface area contributed by atoms with E-state index in [1.54, 1.807) is 99.4 Å². The molecule has 0 aliphatic heterocycles. The first-order chi connectivity index (χ1) is 19.0. The summed E-state index contributed by atoms with van der Waals surface area (Å²) in [6.07, 6.45) is 3.09. The van der Waals surface area contributed by atoms with E-state index in [-0.39, 0.29) is 11.8 Å². The molecule has 0 unspecified atom stereocenters. The van der Waals surface area contributed by atoms with Crippen molar-refractivity contribution in [1.29, 1.82) is 0 Å². The molecule has 196 valence electrons. The highest BCUT2D eigenvalue weighted by molar-refractivity contribution is 5.96. The number of hydrogen-bond acceptors (Lipinski definition) is 7. The molecule has 0 heterocycles. The highest BCUT2D eigenvalue weighted by atomic mass is 16.5. The Hall–Kier alpha value is -5.44. The normalized spacial score (nSPS) is 10.8. The van der Waals surface area contributed by atoms with Crippen LogP contribution in [0.25, 0.3) is 0 Å². The van der Waals surface area contributed by atoms with E-state index in [0.717, 1.165) is 11.1 Å². The van der Waals surface area contributed by atoms with Crippen molar-refractivity contribution in [2.24, 2.45) is 10.2 Å². The first-order valence-corrected chi connectivity index (χ1v) is 11.9. The van der Waals surface area contributed by atoms with Crippen molar-refractivity contribution in [3.05, 3.63) is 119 Å². The SMILES string of the molecule is COc1cccc(C(=O)N/N=C/c2ccc(Oc3ccc(/C=N/NC(=O)c4cccc(OC)c4)cc3)cc2)c1. The molecule has 39 heavy (non-hydrogen) atoms. The van der Waals surface area contributed by atoms with Gasteiger partial charge in [-0.3, -0.25) is 9.59 Å². The Morgan fingerprint density at radius 1 is 0.590 bits per heavy atom. The topological polar surface area (TPSA) is 111 Å². The number of carbonyl (C=O) groups is 2. The van der Waals surface area contributed by atoms with Crippen molar-refractivity contribution in [3.63, 3.8) is 0 Å². The molecule has 0 aromatic heterocycles. The third-order valence-electron chi connectivity index (χ3n) is 5.42. The molecular weight excluding hydrogens is 496 g/mol. The smallest absolute Gasteiger partial charge is 0.271 e. The monoisotopic (exact) mass is 522 g/mol. The molecule has 0 saturated heterocycles. The second-order valence-electron chi connectivity index (χ2n) is 8.10. The Balaban J connectivity index is 1.26. The van der Waals surface area contributed by atoms with Crippen LogP contribution in [0.3, 0.4) is 0 Å². The van der Waals surface area contributed by atoms with Gasteiger partial charge in [-0.2, -0.15) is 10.2 Å². The highest BCUT2D eigenvalue weighted by Crippen LogP contribution is 2.21. The molecule has 0 atom stereocenters. The van der Waals surface area contributed by atoms with Crippen molar-refractivity contribution >= 4 is 24.2 Å². The minimum atomic E-state index is -0.335. The van der Waals surface area contributed by atoms with Gasteiger partial charge >= 0.3 is 0 Å². The van der Waals surface area contributed by atoms with Crippen molar-refractivity contribution in [2.75, 3.05) is 14.2 Å². The fraction of sp³-hybridized carbons (Fsp3) is 0.0667. The van der Waals surface area contributed by atoms with Gasteiger partial charge < -0.3 is 14.2 Å². The van der Waals surface area contributed by atoms with Gasteiger partial charge in [-0.05, 0) is 96.1 Å². The number of amides is 2. The van der Waals surface area contributed by atoms with E-state index in [0.29, 0.717) is 34.1 Å². The maximum absolute atomic E-state index is 12.2. The largest absolute Gasteiger partial charge is 0.497 e. The fourth-order valence-corrected chi connectivity index (χ4v) is 3.37. The van der Waals surface area contributed by atoms with E-state index in [1.807, 2.05) is 24.3 Å². The average molecular weight is 523 g/mol. The summed E-state index contributed by atoms with van der Waals surface area (Å²) in [4.78, 5) is 24.4. The van der Waals surface area contributed by atoms with Gasteiger partial charge in [-0.25, -0.2) is 10.9 Å². The van der Waals surface area contributed by atoms with Crippen LogP contribution in [0.1, 0.15) is 31.8 Å². The zero-order valence-corrected chi connectivity index (χ0v) is 21.3. The summed E-state index contributed by atoms with van der Waals surface area (Å²) in [6.45, 7) is 0. The highest BCUT2D eigenvalue weighted by Gasteiger charge is 2.06. The molecule has 2 N–H and O–H groups in total. The molecule has 2 amide bonds. The minimum absolute atomic E-state index is 0.335. The van der Waals surface area contributed by atoms with Gasteiger partial charge in [0.05, 0.1) is 26.6 Å². The molecule has 9 heteroatoms. The molecule has 4 rings (SSSR count). The number of nitrogens with zero attached hydrogens (tertiary/aromatic N) is 2. The third kappa shape index (κ3) is 7.77.